The van der Waals surface area contributed by atoms with Gasteiger partial charge in [-0.1, -0.05) is 12.1 Å². The Morgan fingerprint density at radius 2 is 2.18 bits per heavy atom. The lowest BCUT2D eigenvalue weighted by Crippen LogP contribution is -2.46. The Kier molecular flexibility index (Phi) is 4.69. The molecular weight excluding hydrogens is 218 g/mol. The summed E-state index contributed by atoms with van der Waals surface area (Å²) < 4.78 is 5.00. The van der Waals surface area contributed by atoms with E-state index in [9.17, 15) is 4.79 Å². The van der Waals surface area contributed by atoms with E-state index >= 15 is 0 Å². The van der Waals surface area contributed by atoms with Crippen LogP contribution in [-0.2, 0) is 6.42 Å². The molecule has 1 rings (SSSR count). The van der Waals surface area contributed by atoms with Crippen molar-refractivity contribution in [1.29, 1.82) is 0 Å². The number of hydrogen-bond donors (Lipinski definition) is 1. The Morgan fingerprint density at radius 1 is 1.53 bits per heavy atom. The van der Waals surface area contributed by atoms with Crippen LogP contribution >= 0.6 is 0 Å². The highest BCUT2D eigenvalue weighted by atomic mass is 16.5. The van der Waals surface area contributed by atoms with Crippen LogP contribution < -0.4 is 5.32 Å². The van der Waals surface area contributed by atoms with Crippen molar-refractivity contribution in [3.05, 3.63) is 17.5 Å². The molecule has 2 atom stereocenters. The van der Waals surface area contributed by atoms with Crippen molar-refractivity contribution >= 4 is 5.91 Å². The maximum absolute atomic E-state index is 11.9. The first-order valence-electron chi connectivity index (χ1n) is 5.88. The largest absolute Gasteiger partial charge is 0.361 e. The van der Waals surface area contributed by atoms with Crippen LogP contribution in [0.1, 0.15) is 37.0 Å². The fourth-order valence-corrected chi connectivity index (χ4v) is 1.44. The molecule has 5 nitrogen and oxygen atoms in total. The van der Waals surface area contributed by atoms with Gasteiger partial charge in [-0.3, -0.25) is 4.79 Å². The third kappa shape index (κ3) is 3.56. The molecule has 0 saturated heterocycles. The van der Waals surface area contributed by atoms with E-state index in [-0.39, 0.29) is 18.0 Å². The number of aromatic nitrogens is 1. The number of aryl methyl sites for hydroxylation is 1. The van der Waals surface area contributed by atoms with Gasteiger partial charge >= 0.3 is 0 Å². The van der Waals surface area contributed by atoms with Crippen molar-refractivity contribution in [2.75, 3.05) is 14.1 Å². The van der Waals surface area contributed by atoms with E-state index in [1.807, 2.05) is 27.9 Å². The van der Waals surface area contributed by atoms with Gasteiger partial charge in [0.1, 0.15) is 5.76 Å². The van der Waals surface area contributed by atoms with Gasteiger partial charge in [0, 0.05) is 24.6 Å². The highest BCUT2D eigenvalue weighted by Crippen LogP contribution is 2.05. The zero-order chi connectivity index (χ0) is 13.0. The fourth-order valence-electron chi connectivity index (χ4n) is 1.44. The molecule has 0 aliphatic carbocycles. The smallest absolute Gasteiger partial charge is 0.273 e. The average Bonchev–Trinajstić information content (AvgIpc) is 2.76. The van der Waals surface area contributed by atoms with Gasteiger partial charge in [-0.2, -0.15) is 0 Å². The number of likely N-dealkylation sites (N-methyl/N-ethyl adjacent to an activating group) is 1. The lowest BCUT2D eigenvalue weighted by Gasteiger charge is -2.26. The molecule has 1 heterocycles. The molecule has 96 valence electrons. The average molecular weight is 239 g/mol. The molecule has 1 aromatic heterocycles. The summed E-state index contributed by atoms with van der Waals surface area (Å²) in [4.78, 5) is 13.9. The molecule has 0 fully saturated rings. The van der Waals surface area contributed by atoms with E-state index in [4.69, 9.17) is 4.52 Å². The molecule has 0 bridgehead atoms. The van der Waals surface area contributed by atoms with E-state index in [1.165, 1.54) is 0 Å². The molecule has 2 unspecified atom stereocenters. The van der Waals surface area contributed by atoms with Crippen molar-refractivity contribution in [1.82, 2.24) is 15.4 Å². The van der Waals surface area contributed by atoms with Crippen molar-refractivity contribution in [3.8, 4) is 0 Å². The van der Waals surface area contributed by atoms with E-state index < -0.39 is 0 Å². The third-order valence-electron chi connectivity index (χ3n) is 3.04. The number of hydrogen-bond acceptors (Lipinski definition) is 4. The molecule has 5 heteroatoms. The van der Waals surface area contributed by atoms with Crippen LogP contribution in [0.15, 0.2) is 10.6 Å². The summed E-state index contributed by atoms with van der Waals surface area (Å²) in [6.07, 6.45) is 0.740. The quantitative estimate of drug-likeness (QED) is 0.841. The van der Waals surface area contributed by atoms with Crippen LogP contribution in [0.2, 0.25) is 0 Å². The van der Waals surface area contributed by atoms with Crippen LogP contribution in [-0.4, -0.2) is 42.1 Å². The maximum Gasteiger partial charge on any atom is 0.273 e. The first-order chi connectivity index (χ1) is 7.95. The zero-order valence-corrected chi connectivity index (χ0v) is 11.2. The highest BCUT2D eigenvalue weighted by molar-refractivity contribution is 5.92. The van der Waals surface area contributed by atoms with Gasteiger partial charge in [-0.15, -0.1) is 0 Å². The minimum absolute atomic E-state index is 0.0549. The van der Waals surface area contributed by atoms with E-state index in [2.05, 4.69) is 22.3 Å². The number of carbonyl (C=O) groups is 1. The molecule has 0 aliphatic heterocycles. The topological polar surface area (TPSA) is 58.4 Å². The van der Waals surface area contributed by atoms with Crippen LogP contribution in [0.25, 0.3) is 0 Å². The summed E-state index contributed by atoms with van der Waals surface area (Å²) in [6, 6.07) is 2.00. The Morgan fingerprint density at radius 3 is 2.65 bits per heavy atom. The maximum atomic E-state index is 11.9. The predicted molar refractivity (Wildman–Crippen MR) is 66.0 cm³/mol. The van der Waals surface area contributed by atoms with Crippen molar-refractivity contribution < 1.29 is 9.32 Å². The summed E-state index contributed by atoms with van der Waals surface area (Å²) >= 11 is 0. The molecule has 0 radical (unpaired) electrons. The molecule has 0 spiro atoms. The van der Waals surface area contributed by atoms with Crippen LogP contribution in [0.3, 0.4) is 0 Å². The van der Waals surface area contributed by atoms with Gasteiger partial charge in [0.15, 0.2) is 5.69 Å². The molecule has 1 amide bonds. The zero-order valence-electron chi connectivity index (χ0n) is 11.2. The van der Waals surface area contributed by atoms with Crippen molar-refractivity contribution in [2.45, 2.75) is 39.3 Å². The minimum atomic E-state index is -0.186. The van der Waals surface area contributed by atoms with Crippen LogP contribution in [0, 0.1) is 0 Å². The first-order valence-corrected chi connectivity index (χ1v) is 5.88. The normalized spacial score (nSPS) is 14.7. The van der Waals surface area contributed by atoms with Gasteiger partial charge < -0.3 is 14.7 Å². The minimum Gasteiger partial charge on any atom is -0.361 e. The summed E-state index contributed by atoms with van der Waals surface area (Å²) in [7, 11) is 3.97. The highest BCUT2D eigenvalue weighted by Gasteiger charge is 2.19. The van der Waals surface area contributed by atoms with Gasteiger partial charge in [0.25, 0.3) is 5.91 Å². The molecule has 0 aliphatic rings. The van der Waals surface area contributed by atoms with Gasteiger partial charge in [0.05, 0.1) is 0 Å². The van der Waals surface area contributed by atoms with Crippen LogP contribution in [0.5, 0.6) is 0 Å². The number of nitrogens with zero attached hydrogens (tertiary/aromatic N) is 2. The van der Waals surface area contributed by atoms with Crippen molar-refractivity contribution in [3.63, 3.8) is 0 Å². The Bertz CT molecular complexity index is 374. The summed E-state index contributed by atoms with van der Waals surface area (Å²) in [5.74, 6) is 0.540. The molecule has 1 N–H and O–H groups in total. The van der Waals surface area contributed by atoms with Gasteiger partial charge in [0.2, 0.25) is 0 Å². The second-order valence-electron chi connectivity index (χ2n) is 4.50. The van der Waals surface area contributed by atoms with Crippen molar-refractivity contribution in [2.24, 2.45) is 0 Å². The lowest BCUT2D eigenvalue weighted by molar-refractivity contribution is 0.0910. The van der Waals surface area contributed by atoms with Crippen LogP contribution in [0.4, 0.5) is 0 Å². The summed E-state index contributed by atoms with van der Waals surface area (Å²) in [6.45, 7) is 5.99. The number of carbonyl (C=O) groups excluding carboxylic acids is 1. The molecule has 0 saturated carbocycles. The fraction of sp³-hybridized carbons (Fsp3) is 0.667. The van der Waals surface area contributed by atoms with E-state index in [0.29, 0.717) is 5.69 Å². The Labute approximate surface area is 102 Å². The first kappa shape index (κ1) is 13.7. The summed E-state index contributed by atoms with van der Waals surface area (Å²) in [5.41, 5.74) is 0.347. The predicted octanol–water partition coefficient (Wildman–Crippen LogP) is 1.31. The Hall–Kier alpha value is -1.36. The lowest BCUT2D eigenvalue weighted by atomic mass is 10.1. The molecular formula is C12H21N3O2. The van der Waals surface area contributed by atoms with E-state index in [0.717, 1.165) is 12.2 Å². The SMILES string of the molecule is CCc1cc(C(=O)NC(C)C(C)N(C)C)no1. The summed E-state index contributed by atoms with van der Waals surface area (Å²) in [5, 5.41) is 6.66. The monoisotopic (exact) mass is 239 g/mol. The Balaban J connectivity index is 2.60. The second kappa shape index (κ2) is 5.82. The molecule has 17 heavy (non-hydrogen) atoms. The standard InChI is InChI=1S/C12H21N3O2/c1-6-10-7-11(14-17-10)12(16)13-8(2)9(3)15(4)5/h7-9H,6H2,1-5H3,(H,13,16). The molecule has 0 aromatic carbocycles. The number of nitrogens with one attached hydrogen (secondary N) is 1. The third-order valence-corrected chi connectivity index (χ3v) is 3.04. The van der Waals surface area contributed by atoms with Gasteiger partial charge in [-0.05, 0) is 27.9 Å². The second-order valence-corrected chi connectivity index (χ2v) is 4.50. The van der Waals surface area contributed by atoms with E-state index in [1.54, 1.807) is 6.07 Å². The molecule has 1 aromatic rings. The van der Waals surface area contributed by atoms with Gasteiger partial charge in [-0.25, -0.2) is 0 Å². The number of rotatable bonds is 5. The number of amides is 1.